The number of nitrogens with zero attached hydrogens (tertiary/aromatic N) is 3. The fourth-order valence-electron chi connectivity index (χ4n) is 4.14. The van der Waals surface area contributed by atoms with Crippen molar-refractivity contribution < 1.29 is 9.44 Å². The smallest absolute Gasteiger partial charge is 0.253 e. The number of hydrogen-bond donors (Lipinski definition) is 1. The van der Waals surface area contributed by atoms with E-state index in [4.69, 9.17) is 4.98 Å². The Bertz CT molecular complexity index is 1340. The summed E-state index contributed by atoms with van der Waals surface area (Å²) >= 11 is 0. The topological polar surface area (TPSA) is 88.8 Å². The molecule has 3 aromatic carbocycles. The number of nitriles is 1. The lowest BCUT2D eigenvalue weighted by Gasteiger charge is -2.35. The van der Waals surface area contributed by atoms with Crippen molar-refractivity contribution in [1.82, 2.24) is 10.3 Å². The highest BCUT2D eigenvalue weighted by molar-refractivity contribution is 6.09. The molecule has 1 amide bonds. The third kappa shape index (κ3) is 5.12. The zero-order chi connectivity index (χ0) is 24.1. The molecule has 0 radical (unpaired) electrons. The van der Waals surface area contributed by atoms with E-state index in [0.29, 0.717) is 27.7 Å². The minimum atomic E-state index is -0.611. The number of carbonyl (C=O) groups is 1. The van der Waals surface area contributed by atoms with Gasteiger partial charge in [0.2, 0.25) is 0 Å². The van der Waals surface area contributed by atoms with E-state index >= 15 is 0 Å². The fourth-order valence-corrected chi connectivity index (χ4v) is 4.14. The Morgan fingerprint density at radius 2 is 1.62 bits per heavy atom. The van der Waals surface area contributed by atoms with Crippen LogP contribution in [0.2, 0.25) is 0 Å². The van der Waals surface area contributed by atoms with E-state index in [9.17, 15) is 15.3 Å². The molecule has 6 heteroatoms. The highest BCUT2D eigenvalue weighted by Crippen LogP contribution is 2.32. The quantitative estimate of drug-likeness (QED) is 0.303. The Hall–Kier alpha value is -4.05. The molecule has 0 fully saturated rings. The summed E-state index contributed by atoms with van der Waals surface area (Å²) < 4.78 is -0.611. The molecule has 0 saturated heterocycles. The van der Waals surface area contributed by atoms with Gasteiger partial charge >= 0.3 is 0 Å². The van der Waals surface area contributed by atoms with E-state index in [1.165, 1.54) is 0 Å². The van der Waals surface area contributed by atoms with Gasteiger partial charge in [-0.3, -0.25) is 4.79 Å². The lowest BCUT2D eigenvalue weighted by molar-refractivity contribution is -0.853. The molecule has 1 unspecified atom stereocenters. The first-order valence-electron chi connectivity index (χ1n) is 11.1. The summed E-state index contributed by atoms with van der Waals surface area (Å²) in [5, 5.41) is 26.0. The van der Waals surface area contributed by atoms with Gasteiger partial charge in [-0.15, -0.1) is 0 Å². The van der Waals surface area contributed by atoms with Gasteiger partial charge in [0.15, 0.2) is 0 Å². The van der Waals surface area contributed by atoms with Gasteiger partial charge < -0.3 is 15.2 Å². The first-order chi connectivity index (χ1) is 16.4. The number of amides is 1. The van der Waals surface area contributed by atoms with Crippen LogP contribution in [0.1, 0.15) is 33.9 Å². The molecular weight excluding hydrogens is 424 g/mol. The SMILES string of the molecule is C[N+](C)([O-])Cc1c(-c2ccccc2)nc2ccccc2c1C(=O)NC(CC#N)c1ccccc1. The van der Waals surface area contributed by atoms with Gasteiger partial charge in [0.25, 0.3) is 5.91 Å². The minimum absolute atomic E-state index is 0.0685. The third-order valence-electron chi connectivity index (χ3n) is 5.61. The number of carbonyl (C=O) groups excluding carboxylic acids is 1. The van der Waals surface area contributed by atoms with Crippen molar-refractivity contribution in [3.63, 3.8) is 0 Å². The highest BCUT2D eigenvalue weighted by atomic mass is 16.5. The van der Waals surface area contributed by atoms with Crippen LogP contribution in [0.5, 0.6) is 0 Å². The maximum atomic E-state index is 13.9. The third-order valence-corrected chi connectivity index (χ3v) is 5.61. The average Bonchev–Trinajstić information content (AvgIpc) is 2.83. The molecule has 1 aromatic heterocycles. The molecule has 6 nitrogen and oxygen atoms in total. The van der Waals surface area contributed by atoms with Crippen LogP contribution < -0.4 is 5.32 Å². The largest absolute Gasteiger partial charge is 0.633 e. The van der Waals surface area contributed by atoms with Crippen molar-refractivity contribution in [2.24, 2.45) is 0 Å². The zero-order valence-corrected chi connectivity index (χ0v) is 19.2. The van der Waals surface area contributed by atoms with E-state index in [1.807, 2.05) is 84.9 Å². The van der Waals surface area contributed by atoms with Crippen LogP contribution in [0, 0.1) is 16.5 Å². The summed E-state index contributed by atoms with van der Waals surface area (Å²) in [5.74, 6) is -0.330. The predicted octanol–water partition coefficient (Wildman–Crippen LogP) is 5.36. The molecule has 1 heterocycles. The van der Waals surface area contributed by atoms with Crippen molar-refractivity contribution in [3.8, 4) is 17.3 Å². The number of benzene rings is 3. The summed E-state index contributed by atoms with van der Waals surface area (Å²) in [4.78, 5) is 18.7. The van der Waals surface area contributed by atoms with Crippen LogP contribution in [0.25, 0.3) is 22.2 Å². The number of nitrogens with one attached hydrogen (secondary N) is 1. The second kappa shape index (κ2) is 9.84. The average molecular weight is 451 g/mol. The Morgan fingerprint density at radius 1 is 1.00 bits per heavy atom. The highest BCUT2D eigenvalue weighted by Gasteiger charge is 2.26. The number of hydrogen-bond acceptors (Lipinski definition) is 4. The molecule has 34 heavy (non-hydrogen) atoms. The second-order valence-corrected chi connectivity index (χ2v) is 8.73. The Labute approximate surface area is 199 Å². The summed E-state index contributed by atoms with van der Waals surface area (Å²) in [5.41, 5.74) is 3.98. The second-order valence-electron chi connectivity index (χ2n) is 8.73. The number of rotatable bonds is 7. The van der Waals surface area contributed by atoms with Crippen molar-refractivity contribution in [2.45, 2.75) is 19.0 Å². The standard InChI is InChI=1S/C28H26N4O2/c1-32(2,34)19-23-26(28(33)31-24(17-18-29)20-11-5-3-6-12-20)22-15-9-10-16-25(22)30-27(23)21-13-7-4-8-14-21/h3-16,24H,17,19H2,1-2H3,(H,31,33). The van der Waals surface area contributed by atoms with Crippen molar-refractivity contribution in [1.29, 1.82) is 5.26 Å². The number of quaternary nitrogens is 1. The number of hydroxylamine groups is 3. The minimum Gasteiger partial charge on any atom is -0.633 e. The molecule has 4 rings (SSSR count). The molecule has 1 N–H and O–H groups in total. The van der Waals surface area contributed by atoms with Crippen LogP contribution in [0.3, 0.4) is 0 Å². The van der Waals surface area contributed by atoms with Crippen molar-refractivity contribution in [2.75, 3.05) is 14.1 Å². The molecule has 0 aliphatic rings. The van der Waals surface area contributed by atoms with Gasteiger partial charge in [0, 0.05) is 16.5 Å². The predicted molar refractivity (Wildman–Crippen MR) is 133 cm³/mol. The normalized spacial score (nSPS) is 12.2. The van der Waals surface area contributed by atoms with E-state index in [1.54, 1.807) is 14.1 Å². The molecular formula is C28H26N4O2. The van der Waals surface area contributed by atoms with Gasteiger partial charge in [-0.1, -0.05) is 78.9 Å². The van der Waals surface area contributed by atoms with Crippen LogP contribution in [0.15, 0.2) is 84.9 Å². The number of para-hydroxylation sites is 1. The number of pyridine rings is 1. The van der Waals surface area contributed by atoms with E-state index in [2.05, 4.69) is 11.4 Å². The summed E-state index contributed by atoms with van der Waals surface area (Å²) in [7, 11) is 3.10. The molecule has 0 saturated carbocycles. The lowest BCUT2D eigenvalue weighted by Crippen LogP contribution is -2.34. The molecule has 1 atom stereocenters. The zero-order valence-electron chi connectivity index (χ0n) is 19.2. The van der Waals surface area contributed by atoms with Gasteiger partial charge in [0.1, 0.15) is 6.54 Å². The molecule has 0 aliphatic heterocycles. The van der Waals surface area contributed by atoms with Crippen LogP contribution in [-0.2, 0) is 6.54 Å². The fraction of sp³-hybridized carbons (Fsp3) is 0.179. The molecule has 0 aliphatic carbocycles. The van der Waals surface area contributed by atoms with Gasteiger partial charge in [0.05, 0.1) is 49.4 Å². The number of fused-ring (bicyclic) bond motifs is 1. The monoisotopic (exact) mass is 450 g/mol. The lowest BCUT2D eigenvalue weighted by atomic mass is 9.94. The maximum absolute atomic E-state index is 13.9. The van der Waals surface area contributed by atoms with Crippen LogP contribution in [0.4, 0.5) is 0 Å². The Kier molecular flexibility index (Phi) is 6.69. The van der Waals surface area contributed by atoms with E-state index < -0.39 is 10.7 Å². The number of aromatic nitrogens is 1. The maximum Gasteiger partial charge on any atom is 0.253 e. The molecule has 0 spiro atoms. The molecule has 4 aromatic rings. The Morgan fingerprint density at radius 3 is 2.26 bits per heavy atom. The van der Waals surface area contributed by atoms with Crippen LogP contribution >= 0.6 is 0 Å². The van der Waals surface area contributed by atoms with Gasteiger partial charge in [-0.25, -0.2) is 4.98 Å². The van der Waals surface area contributed by atoms with Gasteiger partial charge in [-0.05, 0) is 11.6 Å². The summed E-state index contributed by atoms with van der Waals surface area (Å²) in [6, 6.07) is 28.2. The summed E-state index contributed by atoms with van der Waals surface area (Å²) in [6.07, 6.45) is 0.128. The van der Waals surface area contributed by atoms with Crippen molar-refractivity contribution >= 4 is 16.8 Å². The van der Waals surface area contributed by atoms with Crippen molar-refractivity contribution in [3.05, 3.63) is 107 Å². The van der Waals surface area contributed by atoms with E-state index in [0.717, 1.165) is 11.1 Å². The van der Waals surface area contributed by atoms with Crippen LogP contribution in [-0.4, -0.2) is 29.6 Å². The molecule has 170 valence electrons. The first-order valence-corrected chi connectivity index (χ1v) is 11.1. The Balaban J connectivity index is 1.92. The van der Waals surface area contributed by atoms with Gasteiger partial charge in [-0.2, -0.15) is 5.26 Å². The first kappa shape index (κ1) is 23.1. The summed E-state index contributed by atoms with van der Waals surface area (Å²) in [6.45, 7) is 0.0685. The van der Waals surface area contributed by atoms with E-state index in [-0.39, 0.29) is 18.9 Å². The molecule has 0 bridgehead atoms.